The van der Waals surface area contributed by atoms with Crippen LogP contribution in [0.3, 0.4) is 0 Å². The van der Waals surface area contributed by atoms with E-state index in [0.29, 0.717) is 12.0 Å². The lowest BCUT2D eigenvalue weighted by molar-refractivity contribution is -0.0643. The van der Waals surface area contributed by atoms with E-state index in [1.54, 1.807) is 0 Å². The maximum absolute atomic E-state index is 9.88. The summed E-state index contributed by atoms with van der Waals surface area (Å²) in [5.41, 5.74) is -0.602. The van der Waals surface area contributed by atoms with Crippen molar-refractivity contribution in [2.75, 3.05) is 0 Å². The van der Waals surface area contributed by atoms with Gasteiger partial charge in [-0.05, 0) is 59.8 Å². The number of rotatable bonds is 2. The van der Waals surface area contributed by atoms with Crippen LogP contribution in [-0.4, -0.2) is 22.4 Å². The van der Waals surface area contributed by atoms with Crippen LogP contribution in [0.1, 0.15) is 53.9 Å². The number of hydrogen-bond donors (Lipinski definition) is 1. The lowest BCUT2D eigenvalue weighted by atomic mass is 9.90. The molecule has 1 rings (SSSR count). The van der Waals surface area contributed by atoms with Crippen molar-refractivity contribution < 1.29 is 9.84 Å². The van der Waals surface area contributed by atoms with Gasteiger partial charge in [-0.3, -0.25) is 0 Å². The predicted molar refractivity (Wildman–Crippen MR) is 58.3 cm³/mol. The fourth-order valence-corrected chi connectivity index (χ4v) is 2.19. The molecule has 14 heavy (non-hydrogen) atoms. The third-order valence-electron chi connectivity index (χ3n) is 2.90. The monoisotopic (exact) mass is 200 g/mol. The molecule has 0 aromatic heterocycles. The molecular weight excluding hydrogens is 176 g/mol. The zero-order valence-corrected chi connectivity index (χ0v) is 10.1. The van der Waals surface area contributed by atoms with Crippen LogP contribution >= 0.6 is 0 Å². The van der Waals surface area contributed by atoms with Crippen molar-refractivity contribution in [2.45, 2.75) is 71.2 Å². The van der Waals surface area contributed by atoms with E-state index in [0.717, 1.165) is 19.3 Å². The van der Waals surface area contributed by atoms with E-state index in [1.807, 2.05) is 13.8 Å². The van der Waals surface area contributed by atoms with Crippen molar-refractivity contribution in [3.63, 3.8) is 0 Å². The SMILES string of the molecule is CC(C)(C)OC1CCC(C(C)(C)O)C1. The van der Waals surface area contributed by atoms with Gasteiger partial charge in [0.25, 0.3) is 0 Å². The molecule has 1 aliphatic carbocycles. The summed E-state index contributed by atoms with van der Waals surface area (Å²) in [6, 6.07) is 0. The molecule has 84 valence electrons. The summed E-state index contributed by atoms with van der Waals surface area (Å²) in [7, 11) is 0. The average Bonchev–Trinajstić information content (AvgIpc) is 2.29. The fourth-order valence-electron chi connectivity index (χ4n) is 2.19. The molecule has 1 saturated carbocycles. The quantitative estimate of drug-likeness (QED) is 0.742. The van der Waals surface area contributed by atoms with E-state index in [4.69, 9.17) is 4.74 Å². The molecular formula is C12H24O2. The van der Waals surface area contributed by atoms with Crippen LogP contribution in [0.2, 0.25) is 0 Å². The summed E-state index contributed by atoms with van der Waals surface area (Å²) in [6.07, 6.45) is 3.52. The zero-order chi connectivity index (χ0) is 11.0. The molecule has 0 saturated heterocycles. The molecule has 0 heterocycles. The van der Waals surface area contributed by atoms with Gasteiger partial charge in [-0.15, -0.1) is 0 Å². The first-order chi connectivity index (χ1) is 6.18. The number of aliphatic hydroxyl groups is 1. The summed E-state index contributed by atoms with van der Waals surface area (Å²) in [5.74, 6) is 0.398. The summed E-state index contributed by atoms with van der Waals surface area (Å²) >= 11 is 0. The van der Waals surface area contributed by atoms with E-state index in [2.05, 4.69) is 20.8 Å². The highest BCUT2D eigenvalue weighted by molar-refractivity contribution is 4.87. The lowest BCUT2D eigenvalue weighted by Gasteiger charge is -2.27. The van der Waals surface area contributed by atoms with E-state index < -0.39 is 5.60 Å². The normalized spacial score (nSPS) is 29.6. The van der Waals surface area contributed by atoms with E-state index in [1.165, 1.54) is 0 Å². The van der Waals surface area contributed by atoms with E-state index in [-0.39, 0.29) is 5.60 Å². The van der Waals surface area contributed by atoms with E-state index in [9.17, 15) is 5.11 Å². The highest BCUT2D eigenvalue weighted by Crippen LogP contribution is 2.36. The largest absolute Gasteiger partial charge is 0.390 e. The molecule has 0 aromatic carbocycles. The van der Waals surface area contributed by atoms with Crippen LogP contribution in [0, 0.1) is 5.92 Å². The summed E-state index contributed by atoms with van der Waals surface area (Å²) in [4.78, 5) is 0. The molecule has 1 N–H and O–H groups in total. The standard InChI is InChI=1S/C12H24O2/c1-11(2,3)14-10-7-6-9(8-10)12(4,5)13/h9-10,13H,6-8H2,1-5H3. The van der Waals surface area contributed by atoms with Crippen molar-refractivity contribution in [1.82, 2.24) is 0 Å². The van der Waals surface area contributed by atoms with Crippen molar-refractivity contribution in [2.24, 2.45) is 5.92 Å². The van der Waals surface area contributed by atoms with Gasteiger partial charge in [0.2, 0.25) is 0 Å². The molecule has 0 aliphatic heterocycles. The maximum atomic E-state index is 9.88. The Hall–Kier alpha value is -0.0800. The van der Waals surface area contributed by atoms with Crippen LogP contribution in [0.4, 0.5) is 0 Å². The van der Waals surface area contributed by atoms with Gasteiger partial charge in [-0.1, -0.05) is 0 Å². The van der Waals surface area contributed by atoms with Crippen molar-refractivity contribution in [3.05, 3.63) is 0 Å². The summed E-state index contributed by atoms with van der Waals surface area (Å²) in [6.45, 7) is 10.1. The molecule has 2 nitrogen and oxygen atoms in total. The molecule has 1 aliphatic rings. The van der Waals surface area contributed by atoms with Gasteiger partial charge in [-0.2, -0.15) is 0 Å². The van der Waals surface area contributed by atoms with Crippen LogP contribution in [0.5, 0.6) is 0 Å². The van der Waals surface area contributed by atoms with Crippen molar-refractivity contribution in [1.29, 1.82) is 0 Å². The highest BCUT2D eigenvalue weighted by Gasteiger charge is 2.36. The molecule has 1 fully saturated rings. The second-order valence-electron chi connectivity index (χ2n) is 6.02. The minimum absolute atomic E-state index is 0.0564. The Morgan fingerprint density at radius 2 is 1.64 bits per heavy atom. The second-order valence-corrected chi connectivity index (χ2v) is 6.02. The van der Waals surface area contributed by atoms with Gasteiger partial charge < -0.3 is 9.84 Å². The van der Waals surface area contributed by atoms with E-state index >= 15 is 0 Å². The Labute approximate surface area is 87.7 Å². The van der Waals surface area contributed by atoms with Gasteiger partial charge in [0.15, 0.2) is 0 Å². The third-order valence-corrected chi connectivity index (χ3v) is 2.90. The molecule has 0 spiro atoms. The molecule has 2 heteroatoms. The lowest BCUT2D eigenvalue weighted by Crippen LogP contribution is -2.31. The Balaban J connectivity index is 2.42. The number of ether oxygens (including phenoxy) is 1. The Kier molecular flexibility index (Phi) is 3.27. The second kappa shape index (κ2) is 3.82. The Bertz CT molecular complexity index is 185. The minimum atomic E-state index is -0.546. The van der Waals surface area contributed by atoms with Crippen LogP contribution in [-0.2, 0) is 4.74 Å². The Morgan fingerprint density at radius 3 is 2.00 bits per heavy atom. The first-order valence-corrected chi connectivity index (χ1v) is 5.59. The fraction of sp³-hybridized carbons (Fsp3) is 1.00. The van der Waals surface area contributed by atoms with Crippen LogP contribution in [0.25, 0.3) is 0 Å². The predicted octanol–water partition coefficient (Wildman–Crippen LogP) is 2.74. The molecule has 2 unspecified atom stereocenters. The van der Waals surface area contributed by atoms with Crippen molar-refractivity contribution in [3.8, 4) is 0 Å². The minimum Gasteiger partial charge on any atom is -0.390 e. The zero-order valence-electron chi connectivity index (χ0n) is 10.1. The first-order valence-electron chi connectivity index (χ1n) is 5.59. The smallest absolute Gasteiger partial charge is 0.0620 e. The topological polar surface area (TPSA) is 29.5 Å². The summed E-state index contributed by atoms with van der Waals surface area (Å²) in [5, 5.41) is 9.88. The number of hydrogen-bond acceptors (Lipinski definition) is 2. The van der Waals surface area contributed by atoms with Gasteiger partial charge in [0.1, 0.15) is 0 Å². The summed E-state index contributed by atoms with van der Waals surface area (Å²) < 4.78 is 5.91. The average molecular weight is 200 g/mol. The van der Waals surface area contributed by atoms with Gasteiger partial charge in [-0.25, -0.2) is 0 Å². The molecule has 2 atom stereocenters. The Morgan fingerprint density at radius 1 is 1.07 bits per heavy atom. The maximum Gasteiger partial charge on any atom is 0.0620 e. The molecule has 0 radical (unpaired) electrons. The highest BCUT2D eigenvalue weighted by atomic mass is 16.5. The third kappa shape index (κ3) is 3.58. The van der Waals surface area contributed by atoms with Gasteiger partial charge >= 0.3 is 0 Å². The van der Waals surface area contributed by atoms with Crippen LogP contribution < -0.4 is 0 Å². The van der Waals surface area contributed by atoms with Gasteiger partial charge in [0, 0.05) is 0 Å². The molecule has 0 aromatic rings. The first kappa shape index (κ1) is 12.0. The molecule has 0 amide bonds. The van der Waals surface area contributed by atoms with Crippen molar-refractivity contribution >= 4 is 0 Å². The van der Waals surface area contributed by atoms with Crippen LogP contribution in [0.15, 0.2) is 0 Å². The molecule has 0 bridgehead atoms. The van der Waals surface area contributed by atoms with Gasteiger partial charge in [0.05, 0.1) is 17.3 Å².